The Morgan fingerprint density at radius 3 is 1.43 bits per heavy atom. The van der Waals surface area contributed by atoms with Crippen molar-refractivity contribution >= 4 is 70.9 Å². The molecule has 562 valence electrons. The summed E-state index contributed by atoms with van der Waals surface area (Å²) in [7, 11) is 8.17. The molecule has 10 amide bonds. The first-order chi connectivity index (χ1) is 46.0. The molecule has 13 atom stereocenters. The molecule has 27 nitrogen and oxygen atoms in total. The number of hydrogen-bond donors (Lipinski definition) is 6. The van der Waals surface area contributed by atoms with Gasteiger partial charge in [0.25, 0.3) is 5.91 Å². The SMILES string of the molecule is CC(C)C[C@@H]1C(=O)N[C@H](CC(C)C)C(=O)N(C)[C@H](C(C)C)C(=O)N(C)[C@H]([C@H](O)[C@H](C)CCCc2cccc(N3CCOCC3)n2)C(=O)N[C@H]([C@@H](C)O)C(=O)N(C)CC(=O)N(C)[C@@H](CC(C)C)C(=O)N[C@H](CC(C)C)C(=O)N(C)[C@H](CC(C)C)C(=O)N[C@H](C)C(=O)O[C@@H](C(C)C)C(=O)N1C. The first kappa shape index (κ1) is 86.2. The highest BCUT2D eigenvalue weighted by molar-refractivity contribution is 5.99. The lowest BCUT2D eigenvalue weighted by atomic mass is 9.90. The standard InChI is InChI=1S/C72H124N12O15/c1-40(2)34-51-67(92)80(20)54(37-43(7)8)63(88)73-48(16)72(97)99-62(46(13)14)71(96)81(21)55(38-44(9)10)65(90)76-52(35-41(3)4)68(93)82(22)59(45(11)12)70(95)83(23)60(61(87)47(15)26-24-27-50-28-25-29-56(74-50)84-30-32-98-33-31-84)66(91)77-58(49(17)85)69(94)78(18)39-57(86)79(19)53(36-42(5)6)64(89)75-51/h25,28-29,40-49,51-55,58-62,85,87H,24,26-27,30-39H2,1-23H3,(H,73,88)(H,75,89)(H,76,90)(H,77,91)/t47-,48-,49-,51-,52-,53+,54-,55-,58-,59-,60-,61-,62+/m1/s1. The van der Waals surface area contributed by atoms with Crippen LogP contribution in [0.25, 0.3) is 0 Å². The van der Waals surface area contributed by atoms with E-state index in [1.54, 1.807) is 34.6 Å². The van der Waals surface area contributed by atoms with Crippen LogP contribution in [0.5, 0.6) is 0 Å². The summed E-state index contributed by atoms with van der Waals surface area (Å²) < 4.78 is 11.5. The topological polar surface area (TPSA) is 330 Å². The zero-order chi connectivity index (χ0) is 75.4. The molecule has 0 radical (unpaired) electrons. The van der Waals surface area contributed by atoms with Crippen LogP contribution in [0.1, 0.15) is 168 Å². The highest BCUT2D eigenvalue weighted by Gasteiger charge is 2.46. The van der Waals surface area contributed by atoms with Gasteiger partial charge in [0, 0.05) is 61.1 Å². The molecule has 0 saturated carbocycles. The quantitative estimate of drug-likeness (QED) is 0.102. The van der Waals surface area contributed by atoms with Gasteiger partial charge in [-0.25, -0.2) is 9.78 Å². The second kappa shape index (κ2) is 39.9. The Balaban J connectivity index is 2.32. The number of ether oxygens (including phenoxy) is 2. The minimum Gasteiger partial charge on any atom is -0.450 e. The van der Waals surface area contributed by atoms with Crippen LogP contribution in [-0.2, 0) is 68.6 Å². The predicted molar refractivity (Wildman–Crippen MR) is 378 cm³/mol. The van der Waals surface area contributed by atoms with Gasteiger partial charge in [-0.3, -0.25) is 47.9 Å². The molecule has 3 rings (SSSR count). The van der Waals surface area contributed by atoms with E-state index in [1.165, 1.54) is 70.8 Å². The van der Waals surface area contributed by atoms with Gasteiger partial charge in [-0.1, -0.05) is 110 Å². The number of hydrogen-bond acceptors (Lipinski definition) is 17. The summed E-state index contributed by atoms with van der Waals surface area (Å²) in [6, 6.07) is -6.66. The van der Waals surface area contributed by atoms with Gasteiger partial charge in [-0.15, -0.1) is 0 Å². The first-order valence-electron chi connectivity index (χ1n) is 35.7. The van der Waals surface area contributed by atoms with Gasteiger partial charge in [0.15, 0.2) is 6.10 Å². The van der Waals surface area contributed by atoms with Crippen LogP contribution in [-0.4, -0.2) is 257 Å². The number of morpholine rings is 1. The Labute approximate surface area is 589 Å². The molecule has 0 aliphatic carbocycles. The van der Waals surface area contributed by atoms with E-state index >= 15 is 14.4 Å². The lowest BCUT2D eigenvalue weighted by molar-refractivity contribution is -0.166. The molecule has 6 N–H and O–H groups in total. The summed E-state index contributed by atoms with van der Waals surface area (Å²) in [5.41, 5.74) is 0.796. The summed E-state index contributed by atoms with van der Waals surface area (Å²) in [6.07, 6.45) is -2.96. The summed E-state index contributed by atoms with van der Waals surface area (Å²) >= 11 is 0. The molecule has 1 aromatic heterocycles. The largest absolute Gasteiger partial charge is 0.450 e. The van der Waals surface area contributed by atoms with Crippen molar-refractivity contribution in [2.45, 2.75) is 242 Å². The molecule has 2 fully saturated rings. The number of esters is 1. The summed E-state index contributed by atoms with van der Waals surface area (Å²) in [5, 5.41) is 35.0. The summed E-state index contributed by atoms with van der Waals surface area (Å²) in [6.45, 7) is 31.3. The van der Waals surface area contributed by atoms with Crippen molar-refractivity contribution in [2.24, 2.45) is 47.3 Å². The molecule has 2 aliphatic heterocycles. The first-order valence-corrected chi connectivity index (χ1v) is 35.7. The van der Waals surface area contributed by atoms with Gasteiger partial charge < -0.3 is 75.3 Å². The third-order valence-electron chi connectivity index (χ3n) is 18.5. The zero-order valence-electron chi connectivity index (χ0n) is 63.8. The number of anilines is 1. The van der Waals surface area contributed by atoms with E-state index in [0.717, 1.165) is 26.2 Å². The number of pyridine rings is 1. The average Bonchev–Trinajstić information content (AvgIpc) is 0.810. The Bertz CT molecular complexity index is 2860. The van der Waals surface area contributed by atoms with Gasteiger partial charge in [0.05, 0.1) is 32.0 Å². The maximum Gasteiger partial charge on any atom is 0.329 e. The fourth-order valence-electron chi connectivity index (χ4n) is 12.7. The summed E-state index contributed by atoms with van der Waals surface area (Å²) in [5.74, 6) is -10.9. The number of aliphatic hydroxyl groups is 2. The number of aryl methyl sites for hydroxylation is 1. The van der Waals surface area contributed by atoms with Crippen molar-refractivity contribution in [2.75, 3.05) is 80.0 Å². The van der Waals surface area contributed by atoms with E-state index in [0.29, 0.717) is 45.6 Å². The van der Waals surface area contributed by atoms with Crippen molar-refractivity contribution in [1.82, 2.24) is 55.7 Å². The number of carbonyl (C=O) groups excluding carboxylic acids is 11. The van der Waals surface area contributed by atoms with Crippen LogP contribution in [0, 0.1) is 47.3 Å². The molecule has 0 bridgehead atoms. The molecule has 2 saturated heterocycles. The lowest BCUT2D eigenvalue weighted by Crippen LogP contribution is -2.64. The molecule has 0 aromatic carbocycles. The smallest absolute Gasteiger partial charge is 0.329 e. The molecule has 0 unspecified atom stereocenters. The predicted octanol–water partition coefficient (Wildman–Crippen LogP) is 3.64. The van der Waals surface area contributed by atoms with E-state index in [1.807, 2.05) is 87.4 Å². The van der Waals surface area contributed by atoms with Crippen molar-refractivity contribution < 1.29 is 72.4 Å². The molecule has 99 heavy (non-hydrogen) atoms. The maximum atomic E-state index is 15.5. The van der Waals surface area contributed by atoms with E-state index in [9.17, 15) is 48.6 Å². The number of nitrogens with zero attached hydrogens (tertiary/aromatic N) is 8. The second-order valence-corrected chi connectivity index (χ2v) is 30.5. The minimum absolute atomic E-state index is 0.0685. The van der Waals surface area contributed by atoms with Crippen LogP contribution in [0.4, 0.5) is 5.82 Å². The second-order valence-electron chi connectivity index (χ2n) is 30.5. The Hall–Kier alpha value is -7.00. The Kier molecular flexibility index (Phi) is 34.7. The van der Waals surface area contributed by atoms with E-state index in [4.69, 9.17) is 14.5 Å². The number of carbonyl (C=O) groups is 11. The van der Waals surface area contributed by atoms with Crippen LogP contribution >= 0.6 is 0 Å². The molecule has 1 aromatic rings. The monoisotopic (exact) mass is 1400 g/mol. The third kappa shape index (κ3) is 25.2. The number of likely N-dealkylation sites (N-methyl/N-ethyl adjacent to an activating group) is 6. The molecule has 2 aliphatic rings. The van der Waals surface area contributed by atoms with Crippen molar-refractivity contribution in [3.8, 4) is 0 Å². The van der Waals surface area contributed by atoms with Gasteiger partial charge in [0.2, 0.25) is 53.2 Å². The van der Waals surface area contributed by atoms with Gasteiger partial charge in [0.1, 0.15) is 60.2 Å². The number of amides is 10. The normalized spacial score (nSPS) is 25.9. The fourth-order valence-corrected chi connectivity index (χ4v) is 12.7. The van der Waals surface area contributed by atoms with Crippen LogP contribution in [0.3, 0.4) is 0 Å². The zero-order valence-corrected chi connectivity index (χ0v) is 63.8. The fraction of sp³-hybridized carbons (Fsp3) is 0.778. The maximum absolute atomic E-state index is 15.5. The van der Waals surface area contributed by atoms with Crippen molar-refractivity contribution in [1.29, 1.82) is 0 Å². The number of aromatic nitrogens is 1. The van der Waals surface area contributed by atoms with E-state index in [-0.39, 0.29) is 61.7 Å². The van der Waals surface area contributed by atoms with Gasteiger partial charge >= 0.3 is 5.97 Å². The van der Waals surface area contributed by atoms with Gasteiger partial charge in [-0.2, -0.15) is 0 Å². The Morgan fingerprint density at radius 1 is 0.515 bits per heavy atom. The molecule has 27 heteroatoms. The van der Waals surface area contributed by atoms with E-state index < -0.39 is 162 Å². The van der Waals surface area contributed by atoms with E-state index in [2.05, 4.69) is 26.2 Å². The van der Waals surface area contributed by atoms with Gasteiger partial charge in [-0.05, 0) is 125 Å². The highest BCUT2D eigenvalue weighted by atomic mass is 16.6. The number of nitrogens with one attached hydrogen (secondary N) is 4. The lowest BCUT2D eigenvalue weighted by Gasteiger charge is -2.40. The van der Waals surface area contributed by atoms with Crippen LogP contribution < -0.4 is 26.2 Å². The molecule has 3 heterocycles. The van der Waals surface area contributed by atoms with Crippen molar-refractivity contribution in [3.05, 3.63) is 23.9 Å². The minimum atomic E-state index is -1.78. The summed E-state index contributed by atoms with van der Waals surface area (Å²) in [4.78, 5) is 177. The third-order valence-corrected chi connectivity index (χ3v) is 18.5. The molecular formula is C72H124N12O15. The number of rotatable bonds is 20. The van der Waals surface area contributed by atoms with Crippen LogP contribution in [0.2, 0.25) is 0 Å². The Morgan fingerprint density at radius 2 is 0.970 bits per heavy atom. The van der Waals surface area contributed by atoms with Crippen LogP contribution in [0.15, 0.2) is 18.2 Å². The molecule has 0 spiro atoms. The average molecular weight is 1400 g/mol. The highest BCUT2D eigenvalue weighted by Crippen LogP contribution is 2.26. The molecular weight excluding hydrogens is 1270 g/mol. The number of cyclic esters (lactones) is 1. The van der Waals surface area contributed by atoms with Crippen molar-refractivity contribution in [3.63, 3.8) is 0 Å². The number of aliphatic hydroxyl groups excluding tert-OH is 2.